The van der Waals surface area contributed by atoms with Crippen LogP contribution in [0, 0.1) is 0 Å². The van der Waals surface area contributed by atoms with Crippen LogP contribution in [0.25, 0.3) is 0 Å². The highest BCUT2D eigenvalue weighted by atomic mass is 16.1. The molecule has 20 heavy (non-hydrogen) atoms. The zero-order chi connectivity index (χ0) is 14.4. The fourth-order valence-corrected chi connectivity index (χ4v) is 1.93. The van der Waals surface area contributed by atoms with Gasteiger partial charge in [-0.15, -0.1) is 0 Å². The van der Waals surface area contributed by atoms with Gasteiger partial charge in [-0.2, -0.15) is 0 Å². The summed E-state index contributed by atoms with van der Waals surface area (Å²) in [6.45, 7) is 4.39. The highest BCUT2D eigenvalue weighted by Gasteiger charge is 2.04. The Morgan fingerprint density at radius 2 is 2.00 bits per heavy atom. The molecule has 2 aromatic rings. The molecule has 0 saturated heterocycles. The smallest absolute Gasteiger partial charge is 0.221 e. The quantitative estimate of drug-likeness (QED) is 0.877. The van der Waals surface area contributed by atoms with Gasteiger partial charge < -0.3 is 10.6 Å². The molecule has 0 spiro atoms. The largest absolute Gasteiger partial charge is 0.326 e. The summed E-state index contributed by atoms with van der Waals surface area (Å²) in [6.07, 6.45) is 3.65. The van der Waals surface area contributed by atoms with E-state index >= 15 is 0 Å². The Balaban J connectivity index is 1.89. The number of nitrogens with one attached hydrogen (secondary N) is 2. The van der Waals surface area contributed by atoms with Gasteiger partial charge in [-0.3, -0.25) is 9.78 Å². The molecule has 2 N–H and O–H groups in total. The Bertz CT molecular complexity index is 552. The molecule has 0 aliphatic heterocycles. The van der Waals surface area contributed by atoms with Crippen LogP contribution in [0.3, 0.4) is 0 Å². The van der Waals surface area contributed by atoms with Crippen molar-refractivity contribution in [2.75, 3.05) is 5.32 Å². The lowest BCUT2D eigenvalue weighted by atomic mass is 10.1. The molecule has 0 fully saturated rings. The summed E-state index contributed by atoms with van der Waals surface area (Å²) < 4.78 is 0. The maximum atomic E-state index is 10.9. The van der Waals surface area contributed by atoms with Crippen LogP contribution in [0.2, 0.25) is 0 Å². The van der Waals surface area contributed by atoms with Gasteiger partial charge in [0.05, 0.1) is 0 Å². The van der Waals surface area contributed by atoms with Crippen molar-refractivity contribution in [3.05, 3.63) is 59.9 Å². The molecule has 4 heteroatoms. The molecule has 0 bridgehead atoms. The number of rotatable bonds is 5. The topological polar surface area (TPSA) is 54.0 Å². The zero-order valence-corrected chi connectivity index (χ0v) is 11.8. The Morgan fingerprint density at radius 3 is 2.60 bits per heavy atom. The van der Waals surface area contributed by atoms with Crippen molar-refractivity contribution in [1.29, 1.82) is 0 Å². The first kappa shape index (κ1) is 14.2. The summed E-state index contributed by atoms with van der Waals surface area (Å²) in [7, 11) is 0. The summed E-state index contributed by atoms with van der Waals surface area (Å²) in [5, 5.41) is 6.20. The van der Waals surface area contributed by atoms with Gasteiger partial charge in [0, 0.05) is 37.6 Å². The fraction of sp³-hybridized carbons (Fsp3) is 0.250. The van der Waals surface area contributed by atoms with Gasteiger partial charge >= 0.3 is 0 Å². The minimum atomic E-state index is -0.0546. The van der Waals surface area contributed by atoms with Crippen molar-refractivity contribution < 1.29 is 4.79 Å². The van der Waals surface area contributed by atoms with E-state index in [1.54, 1.807) is 6.20 Å². The van der Waals surface area contributed by atoms with Crippen LogP contribution in [-0.2, 0) is 11.3 Å². The average Bonchev–Trinajstić information content (AvgIpc) is 2.46. The summed E-state index contributed by atoms with van der Waals surface area (Å²) in [5.74, 6) is -0.0546. The Hall–Kier alpha value is -2.20. The van der Waals surface area contributed by atoms with Gasteiger partial charge in [0.2, 0.25) is 5.91 Å². The van der Waals surface area contributed by atoms with Gasteiger partial charge in [-0.05, 0) is 36.2 Å². The van der Waals surface area contributed by atoms with E-state index in [0.717, 1.165) is 12.2 Å². The molecule has 2 rings (SSSR count). The number of benzene rings is 1. The first-order valence-corrected chi connectivity index (χ1v) is 6.65. The third-order valence-electron chi connectivity index (χ3n) is 3.07. The summed E-state index contributed by atoms with van der Waals surface area (Å²) in [4.78, 5) is 15.1. The van der Waals surface area contributed by atoms with E-state index in [0.29, 0.717) is 0 Å². The Labute approximate surface area is 119 Å². The van der Waals surface area contributed by atoms with Crippen LogP contribution >= 0.6 is 0 Å². The van der Waals surface area contributed by atoms with E-state index in [9.17, 15) is 4.79 Å². The molecule has 1 amide bonds. The van der Waals surface area contributed by atoms with Crippen molar-refractivity contribution in [2.24, 2.45) is 0 Å². The van der Waals surface area contributed by atoms with E-state index < -0.39 is 0 Å². The van der Waals surface area contributed by atoms with Crippen LogP contribution < -0.4 is 10.6 Å². The number of nitrogens with zero attached hydrogens (tertiary/aromatic N) is 1. The van der Waals surface area contributed by atoms with Crippen LogP contribution in [-0.4, -0.2) is 10.9 Å². The molecule has 1 atom stereocenters. The maximum absolute atomic E-state index is 10.9. The SMILES string of the molecule is CC(=O)Nc1ccc(CN[C@@H](C)c2cccnc2)cc1. The molecule has 0 aliphatic carbocycles. The second-order valence-electron chi connectivity index (χ2n) is 4.77. The number of pyridine rings is 1. The van der Waals surface area contributed by atoms with E-state index in [1.807, 2.05) is 36.5 Å². The van der Waals surface area contributed by atoms with E-state index in [1.165, 1.54) is 18.1 Å². The van der Waals surface area contributed by atoms with Crippen LogP contribution in [0.5, 0.6) is 0 Å². The number of hydrogen-bond donors (Lipinski definition) is 2. The molecule has 0 radical (unpaired) electrons. The highest BCUT2D eigenvalue weighted by molar-refractivity contribution is 5.88. The summed E-state index contributed by atoms with van der Waals surface area (Å²) in [6, 6.07) is 12.1. The zero-order valence-electron chi connectivity index (χ0n) is 11.8. The van der Waals surface area contributed by atoms with Gasteiger partial charge in [0.1, 0.15) is 0 Å². The first-order chi connectivity index (χ1) is 9.65. The van der Waals surface area contributed by atoms with Gasteiger partial charge in [-0.25, -0.2) is 0 Å². The van der Waals surface area contributed by atoms with Crippen molar-refractivity contribution in [1.82, 2.24) is 10.3 Å². The second-order valence-corrected chi connectivity index (χ2v) is 4.77. The number of carbonyl (C=O) groups is 1. The van der Waals surface area contributed by atoms with Gasteiger partial charge in [0.25, 0.3) is 0 Å². The number of carbonyl (C=O) groups excluding carboxylic acids is 1. The van der Waals surface area contributed by atoms with E-state index in [-0.39, 0.29) is 11.9 Å². The van der Waals surface area contributed by atoms with Crippen molar-refractivity contribution in [2.45, 2.75) is 26.4 Å². The minimum Gasteiger partial charge on any atom is -0.326 e. The Morgan fingerprint density at radius 1 is 1.25 bits per heavy atom. The fourth-order valence-electron chi connectivity index (χ4n) is 1.93. The molecule has 0 saturated carbocycles. The molecular weight excluding hydrogens is 250 g/mol. The second kappa shape index (κ2) is 6.82. The molecule has 104 valence electrons. The highest BCUT2D eigenvalue weighted by Crippen LogP contribution is 2.13. The first-order valence-electron chi connectivity index (χ1n) is 6.65. The molecule has 4 nitrogen and oxygen atoms in total. The predicted octanol–water partition coefficient (Wildman–Crippen LogP) is 2.89. The lowest BCUT2D eigenvalue weighted by molar-refractivity contribution is -0.114. The lowest BCUT2D eigenvalue weighted by Gasteiger charge is -2.14. The lowest BCUT2D eigenvalue weighted by Crippen LogP contribution is -2.18. The third-order valence-corrected chi connectivity index (χ3v) is 3.07. The third kappa shape index (κ3) is 4.17. The average molecular weight is 269 g/mol. The molecule has 0 aliphatic rings. The normalized spacial score (nSPS) is 11.9. The van der Waals surface area contributed by atoms with Crippen molar-refractivity contribution >= 4 is 11.6 Å². The molecule has 1 aromatic heterocycles. The molecule has 1 heterocycles. The predicted molar refractivity (Wildman–Crippen MR) is 80.2 cm³/mol. The molecule has 1 aromatic carbocycles. The maximum Gasteiger partial charge on any atom is 0.221 e. The number of hydrogen-bond acceptors (Lipinski definition) is 3. The van der Waals surface area contributed by atoms with Crippen molar-refractivity contribution in [3.8, 4) is 0 Å². The van der Waals surface area contributed by atoms with E-state index in [2.05, 4.69) is 28.6 Å². The summed E-state index contributed by atoms with van der Waals surface area (Å²) >= 11 is 0. The van der Waals surface area contributed by atoms with Gasteiger partial charge in [0.15, 0.2) is 0 Å². The van der Waals surface area contributed by atoms with Crippen LogP contribution in [0.4, 0.5) is 5.69 Å². The number of amides is 1. The molecule has 0 unspecified atom stereocenters. The molecular formula is C16H19N3O. The summed E-state index contributed by atoms with van der Waals surface area (Å²) in [5.41, 5.74) is 3.17. The number of anilines is 1. The van der Waals surface area contributed by atoms with E-state index in [4.69, 9.17) is 0 Å². The Kier molecular flexibility index (Phi) is 4.85. The van der Waals surface area contributed by atoms with Crippen LogP contribution in [0.1, 0.15) is 31.0 Å². The monoisotopic (exact) mass is 269 g/mol. The number of aromatic nitrogens is 1. The minimum absolute atomic E-state index is 0.0546. The standard InChI is InChI=1S/C16H19N3O/c1-12(15-4-3-9-17-11-15)18-10-14-5-7-16(8-6-14)19-13(2)20/h3-9,11-12,18H,10H2,1-2H3,(H,19,20)/t12-/m0/s1. The van der Waals surface area contributed by atoms with Crippen molar-refractivity contribution in [3.63, 3.8) is 0 Å². The van der Waals surface area contributed by atoms with Crippen LogP contribution in [0.15, 0.2) is 48.8 Å². The van der Waals surface area contributed by atoms with Gasteiger partial charge in [-0.1, -0.05) is 18.2 Å².